The molecule has 31 heavy (non-hydrogen) atoms. The Kier molecular flexibility index (Phi) is 8.63. The molecule has 1 aromatic heterocycles. The number of amides is 1. The maximum absolute atomic E-state index is 11.7. The predicted molar refractivity (Wildman–Crippen MR) is 128 cm³/mol. The summed E-state index contributed by atoms with van der Waals surface area (Å²) in [5, 5.41) is 7.36. The Balaban J connectivity index is 1.56. The second-order valence-corrected chi connectivity index (χ2v) is 8.22. The van der Waals surface area contributed by atoms with E-state index in [0.29, 0.717) is 13.0 Å². The molecule has 0 saturated carbocycles. The van der Waals surface area contributed by atoms with Crippen LogP contribution in [0.25, 0.3) is 0 Å². The monoisotopic (exact) mass is 443 g/mol. The van der Waals surface area contributed by atoms with E-state index in [2.05, 4.69) is 43.6 Å². The zero-order valence-electron chi connectivity index (χ0n) is 18.7. The van der Waals surface area contributed by atoms with Gasteiger partial charge in [-0.05, 0) is 31.0 Å². The van der Waals surface area contributed by atoms with E-state index in [1.165, 1.54) is 11.5 Å². The molecule has 9 heteroatoms. The summed E-state index contributed by atoms with van der Waals surface area (Å²) in [6, 6.07) is 7.92. The zero-order valence-corrected chi connectivity index (χ0v) is 19.5. The summed E-state index contributed by atoms with van der Waals surface area (Å²) < 4.78 is 4.40. The maximum Gasteiger partial charge on any atom is 0.224 e. The van der Waals surface area contributed by atoms with Crippen LogP contribution in [0, 0.1) is 0 Å². The number of hydrogen-bond acceptors (Lipinski definition) is 6. The maximum atomic E-state index is 11.7. The Hall–Kier alpha value is -2.68. The molecule has 1 aliphatic rings. The van der Waals surface area contributed by atoms with Gasteiger partial charge in [0.1, 0.15) is 5.82 Å². The van der Waals surface area contributed by atoms with Crippen molar-refractivity contribution in [3.8, 4) is 0 Å². The molecule has 1 amide bonds. The minimum atomic E-state index is 0.0568. The lowest BCUT2D eigenvalue weighted by Gasteiger charge is -2.36. The molecule has 3 rings (SSSR count). The summed E-state index contributed by atoms with van der Waals surface area (Å²) >= 11 is 1.49. The molecule has 2 aromatic rings. The van der Waals surface area contributed by atoms with Crippen molar-refractivity contribution in [3.63, 3.8) is 0 Å². The Morgan fingerprint density at radius 3 is 2.48 bits per heavy atom. The Morgan fingerprint density at radius 1 is 1.13 bits per heavy atom. The number of aromatic nitrogens is 2. The van der Waals surface area contributed by atoms with Gasteiger partial charge in [-0.25, -0.2) is 9.98 Å². The molecular weight excluding hydrogens is 410 g/mol. The number of aryl methyl sites for hydroxylation is 1. The number of rotatable bonds is 8. The van der Waals surface area contributed by atoms with Crippen molar-refractivity contribution in [2.45, 2.75) is 46.6 Å². The van der Waals surface area contributed by atoms with Crippen LogP contribution in [-0.4, -0.2) is 58.8 Å². The number of aliphatic imine (C=N–C) groups is 1. The Bertz CT molecular complexity index is 857. The SMILES string of the molecule is CCCC(=O)Nc1ccc(CN=C(NCC)N2CCN(c3nc(CC)ns3)CC2)cc1. The van der Waals surface area contributed by atoms with Gasteiger partial charge in [0.05, 0.1) is 6.54 Å². The molecule has 0 bridgehead atoms. The highest BCUT2D eigenvalue weighted by Crippen LogP contribution is 2.19. The number of carbonyl (C=O) groups is 1. The normalized spacial score (nSPS) is 14.6. The standard InChI is InChI=1S/C22H33N7OS/c1-4-7-20(30)25-18-10-8-17(9-11-18)16-24-21(23-6-3)28-12-14-29(15-13-28)22-26-19(5-2)27-31-22/h8-11H,4-7,12-16H2,1-3H3,(H,23,24)(H,25,30). The van der Waals surface area contributed by atoms with Crippen LogP contribution in [0.15, 0.2) is 29.3 Å². The van der Waals surface area contributed by atoms with Crippen molar-refractivity contribution in [1.29, 1.82) is 0 Å². The lowest BCUT2D eigenvalue weighted by atomic mass is 10.2. The van der Waals surface area contributed by atoms with Crippen LogP contribution >= 0.6 is 11.5 Å². The first-order valence-corrected chi connectivity index (χ1v) is 11.9. The molecule has 0 radical (unpaired) electrons. The fourth-order valence-electron chi connectivity index (χ4n) is 3.36. The van der Waals surface area contributed by atoms with Crippen LogP contribution in [-0.2, 0) is 17.8 Å². The van der Waals surface area contributed by atoms with Crippen molar-refractivity contribution in [3.05, 3.63) is 35.7 Å². The molecule has 0 aliphatic carbocycles. The number of piperazine rings is 1. The molecule has 2 heterocycles. The van der Waals surface area contributed by atoms with E-state index in [1.807, 2.05) is 31.2 Å². The minimum Gasteiger partial charge on any atom is -0.357 e. The van der Waals surface area contributed by atoms with E-state index in [0.717, 1.165) is 73.7 Å². The smallest absolute Gasteiger partial charge is 0.224 e. The van der Waals surface area contributed by atoms with Gasteiger partial charge in [-0.15, -0.1) is 0 Å². The Morgan fingerprint density at radius 2 is 1.87 bits per heavy atom. The van der Waals surface area contributed by atoms with Gasteiger partial charge in [0.2, 0.25) is 11.0 Å². The van der Waals surface area contributed by atoms with Gasteiger partial charge in [-0.2, -0.15) is 4.37 Å². The summed E-state index contributed by atoms with van der Waals surface area (Å²) in [5.74, 6) is 1.92. The van der Waals surface area contributed by atoms with Gasteiger partial charge < -0.3 is 20.4 Å². The number of nitrogens with zero attached hydrogens (tertiary/aromatic N) is 5. The third-order valence-corrected chi connectivity index (χ3v) is 5.90. The van der Waals surface area contributed by atoms with Crippen molar-refractivity contribution in [2.24, 2.45) is 4.99 Å². The van der Waals surface area contributed by atoms with Crippen molar-refractivity contribution in [1.82, 2.24) is 19.6 Å². The molecule has 2 N–H and O–H groups in total. The highest BCUT2D eigenvalue weighted by Gasteiger charge is 2.22. The molecule has 1 fully saturated rings. The molecule has 1 aliphatic heterocycles. The average Bonchev–Trinajstić information content (AvgIpc) is 3.27. The number of guanidine groups is 1. The largest absolute Gasteiger partial charge is 0.357 e. The third kappa shape index (κ3) is 6.65. The van der Waals surface area contributed by atoms with E-state index >= 15 is 0 Å². The second kappa shape index (κ2) is 11.6. The Labute approximate surface area is 188 Å². The lowest BCUT2D eigenvalue weighted by Crippen LogP contribution is -2.52. The van der Waals surface area contributed by atoms with E-state index in [1.54, 1.807) is 0 Å². The van der Waals surface area contributed by atoms with Crippen LogP contribution in [0.3, 0.4) is 0 Å². The van der Waals surface area contributed by atoms with E-state index < -0.39 is 0 Å². The fourth-order valence-corrected chi connectivity index (χ4v) is 4.16. The van der Waals surface area contributed by atoms with Gasteiger partial charge in [0.25, 0.3) is 0 Å². The fraction of sp³-hybridized carbons (Fsp3) is 0.545. The first kappa shape index (κ1) is 23.0. The average molecular weight is 444 g/mol. The summed E-state index contributed by atoms with van der Waals surface area (Å²) in [4.78, 5) is 25.8. The molecule has 1 saturated heterocycles. The van der Waals surface area contributed by atoms with Crippen molar-refractivity contribution in [2.75, 3.05) is 42.9 Å². The molecule has 1 aromatic carbocycles. The summed E-state index contributed by atoms with van der Waals surface area (Å²) in [7, 11) is 0. The van der Waals surface area contributed by atoms with Crippen LogP contribution in [0.1, 0.15) is 45.0 Å². The van der Waals surface area contributed by atoms with Gasteiger partial charge in [0, 0.05) is 62.8 Å². The van der Waals surface area contributed by atoms with Gasteiger partial charge in [-0.3, -0.25) is 4.79 Å². The summed E-state index contributed by atoms with van der Waals surface area (Å²) in [6.07, 6.45) is 2.27. The first-order valence-electron chi connectivity index (χ1n) is 11.1. The first-order chi connectivity index (χ1) is 15.1. The predicted octanol–water partition coefficient (Wildman–Crippen LogP) is 3.13. The molecule has 0 atom stereocenters. The minimum absolute atomic E-state index is 0.0568. The van der Waals surface area contributed by atoms with Crippen LogP contribution < -0.4 is 15.5 Å². The number of anilines is 2. The van der Waals surface area contributed by atoms with Crippen LogP contribution in [0.4, 0.5) is 10.8 Å². The summed E-state index contributed by atoms with van der Waals surface area (Å²) in [5.41, 5.74) is 1.94. The van der Waals surface area contributed by atoms with Gasteiger partial charge in [0.15, 0.2) is 5.96 Å². The number of carbonyl (C=O) groups excluding carboxylic acids is 1. The highest BCUT2D eigenvalue weighted by molar-refractivity contribution is 7.09. The topological polar surface area (TPSA) is 85.8 Å². The third-order valence-electron chi connectivity index (χ3n) is 5.08. The highest BCUT2D eigenvalue weighted by atomic mass is 32.1. The van der Waals surface area contributed by atoms with E-state index in [4.69, 9.17) is 4.99 Å². The van der Waals surface area contributed by atoms with Gasteiger partial charge in [-0.1, -0.05) is 26.0 Å². The van der Waals surface area contributed by atoms with Crippen molar-refractivity contribution < 1.29 is 4.79 Å². The van der Waals surface area contributed by atoms with E-state index in [-0.39, 0.29) is 5.91 Å². The van der Waals surface area contributed by atoms with Crippen LogP contribution in [0.2, 0.25) is 0 Å². The molecular formula is C22H33N7OS. The quantitative estimate of drug-likeness (QED) is 0.482. The molecule has 0 spiro atoms. The zero-order chi connectivity index (χ0) is 22.1. The van der Waals surface area contributed by atoms with Crippen LogP contribution in [0.5, 0.6) is 0 Å². The van der Waals surface area contributed by atoms with Crippen molar-refractivity contribution >= 4 is 34.2 Å². The van der Waals surface area contributed by atoms with Gasteiger partial charge >= 0.3 is 0 Å². The second-order valence-electron chi connectivity index (χ2n) is 7.49. The van der Waals surface area contributed by atoms with E-state index in [9.17, 15) is 4.79 Å². The molecule has 0 unspecified atom stereocenters. The number of hydrogen-bond donors (Lipinski definition) is 2. The molecule has 8 nitrogen and oxygen atoms in total. The molecule has 168 valence electrons. The lowest BCUT2D eigenvalue weighted by molar-refractivity contribution is -0.116. The number of nitrogens with one attached hydrogen (secondary N) is 2. The summed E-state index contributed by atoms with van der Waals surface area (Å²) in [6.45, 7) is 11.2. The number of benzene rings is 1.